The molecule has 2 rings (SSSR count). The molecule has 0 bridgehead atoms. The van der Waals surface area contributed by atoms with E-state index in [4.69, 9.17) is 0 Å². The van der Waals surface area contributed by atoms with Crippen LogP contribution in [0, 0.1) is 0 Å². The van der Waals surface area contributed by atoms with Crippen molar-refractivity contribution in [2.45, 2.75) is 0 Å². The van der Waals surface area contributed by atoms with Gasteiger partial charge in [0.15, 0.2) is 0 Å². The zero-order valence-electron chi connectivity index (χ0n) is 9.79. The number of carbonyl (C=O) groups is 1. The lowest BCUT2D eigenvalue weighted by Gasteiger charge is -2.18. The molecule has 5 heteroatoms. The van der Waals surface area contributed by atoms with Gasteiger partial charge in [0.1, 0.15) is 0 Å². The highest BCUT2D eigenvalue weighted by atomic mass is 19.1. The van der Waals surface area contributed by atoms with E-state index < -0.39 is 6.16 Å². The summed E-state index contributed by atoms with van der Waals surface area (Å²) < 4.78 is 13.2. The second-order valence-corrected chi connectivity index (χ2v) is 3.64. The van der Waals surface area contributed by atoms with Crippen LogP contribution in [0.5, 0.6) is 0 Å². The molecule has 0 aliphatic rings. The summed E-state index contributed by atoms with van der Waals surface area (Å²) in [7, 11) is 0. The average Bonchev–Trinajstić information content (AvgIpc) is 2.42. The Kier molecular flexibility index (Phi) is 3.81. The summed E-state index contributed by atoms with van der Waals surface area (Å²) >= 11 is 0. The molecule has 0 heterocycles. The molecule has 0 unspecified atom stereocenters. The Labute approximate surface area is 108 Å². The molecule has 4 nitrogen and oxygen atoms in total. The molecule has 19 heavy (non-hydrogen) atoms. The summed E-state index contributed by atoms with van der Waals surface area (Å²) in [6.45, 7) is 0. The van der Waals surface area contributed by atoms with Crippen molar-refractivity contribution < 1.29 is 14.0 Å². The lowest BCUT2D eigenvalue weighted by Crippen LogP contribution is -2.19. The van der Waals surface area contributed by atoms with E-state index in [1.165, 1.54) is 30.3 Å². The van der Waals surface area contributed by atoms with Gasteiger partial charge in [-0.25, -0.2) is 9.59 Å². The van der Waals surface area contributed by atoms with Gasteiger partial charge >= 0.3 is 6.16 Å². The van der Waals surface area contributed by atoms with Crippen molar-refractivity contribution in [3.63, 3.8) is 0 Å². The molecule has 0 spiro atoms. The Hall–Kier alpha value is -2.78. The van der Waals surface area contributed by atoms with Gasteiger partial charge in [-0.1, -0.05) is 18.2 Å². The van der Waals surface area contributed by atoms with Crippen LogP contribution >= 0.6 is 0 Å². The van der Waals surface area contributed by atoms with Crippen LogP contribution in [0.25, 0.3) is 0 Å². The number of hydrogen-bond acceptors (Lipinski definition) is 3. The second kappa shape index (κ2) is 5.71. The summed E-state index contributed by atoms with van der Waals surface area (Å²) in [5, 5.41) is 0. The normalized spacial score (nSPS) is 9.53. The number of amides is 1. The van der Waals surface area contributed by atoms with E-state index in [0.717, 1.165) is 4.90 Å². The lowest BCUT2D eigenvalue weighted by molar-refractivity contribution is 0.230. The van der Waals surface area contributed by atoms with Crippen molar-refractivity contribution in [1.29, 1.82) is 0 Å². The highest BCUT2D eigenvalue weighted by molar-refractivity contribution is 5.95. The van der Waals surface area contributed by atoms with Crippen LogP contribution in [0.1, 0.15) is 0 Å². The first-order chi connectivity index (χ1) is 9.22. The molecular formula is C14H9FN2O2. The van der Waals surface area contributed by atoms with E-state index in [2.05, 4.69) is 4.99 Å². The van der Waals surface area contributed by atoms with Gasteiger partial charge < -0.3 is 0 Å². The number of para-hydroxylation sites is 1. The smallest absolute Gasteiger partial charge is 0.253 e. The molecule has 0 aliphatic carbocycles. The van der Waals surface area contributed by atoms with Crippen molar-refractivity contribution in [3.05, 3.63) is 54.6 Å². The van der Waals surface area contributed by atoms with Gasteiger partial charge in [-0.2, -0.15) is 4.99 Å². The number of rotatable bonds is 3. The average molecular weight is 256 g/mol. The maximum atomic E-state index is 13.2. The van der Waals surface area contributed by atoms with Crippen LogP contribution in [0.4, 0.5) is 26.2 Å². The first-order valence-electron chi connectivity index (χ1n) is 5.45. The Morgan fingerprint density at radius 2 is 1.58 bits per heavy atom. The topological polar surface area (TPSA) is 49.7 Å². The summed E-state index contributed by atoms with van der Waals surface area (Å²) in [4.78, 5) is 25.6. The molecule has 0 aromatic heterocycles. The molecule has 0 N–H and O–H groups in total. The lowest BCUT2D eigenvalue weighted by atomic mass is 10.2. The van der Waals surface area contributed by atoms with E-state index in [1.54, 1.807) is 30.3 Å². The third kappa shape index (κ3) is 2.91. The van der Waals surface area contributed by atoms with E-state index in [-0.39, 0.29) is 0 Å². The maximum Gasteiger partial charge on any atom is 0.409 e. The van der Waals surface area contributed by atoms with Gasteiger partial charge in [0.05, 0.1) is 17.1 Å². The minimum atomic E-state index is -1.59. The van der Waals surface area contributed by atoms with E-state index in [0.29, 0.717) is 17.1 Å². The fourth-order valence-corrected chi connectivity index (χ4v) is 1.66. The van der Waals surface area contributed by atoms with Crippen molar-refractivity contribution in [2.75, 3.05) is 4.90 Å². The SMILES string of the molecule is O=C=Nc1ccc(N(C(=O)F)c2ccccc2)cc1. The Morgan fingerprint density at radius 3 is 2.11 bits per heavy atom. The van der Waals surface area contributed by atoms with Crippen molar-refractivity contribution in [1.82, 2.24) is 0 Å². The first kappa shape index (κ1) is 12.7. The molecule has 0 radical (unpaired) electrons. The van der Waals surface area contributed by atoms with Gasteiger partial charge in [0, 0.05) is 0 Å². The van der Waals surface area contributed by atoms with Crippen LogP contribution in [-0.2, 0) is 4.79 Å². The summed E-state index contributed by atoms with van der Waals surface area (Å²) in [5.41, 5.74) is 1.16. The van der Waals surface area contributed by atoms with Crippen molar-refractivity contribution in [2.24, 2.45) is 4.99 Å². The third-order valence-electron chi connectivity index (χ3n) is 2.47. The number of anilines is 2. The molecule has 94 valence electrons. The van der Waals surface area contributed by atoms with Crippen molar-refractivity contribution in [3.8, 4) is 0 Å². The van der Waals surface area contributed by atoms with Crippen LogP contribution in [0.3, 0.4) is 0 Å². The zero-order chi connectivity index (χ0) is 13.7. The summed E-state index contributed by atoms with van der Waals surface area (Å²) in [6, 6.07) is 14.4. The van der Waals surface area contributed by atoms with Crippen molar-refractivity contribution >= 4 is 29.3 Å². The number of benzene rings is 2. The van der Waals surface area contributed by atoms with Gasteiger partial charge in [0.2, 0.25) is 6.08 Å². The molecule has 2 aromatic carbocycles. The number of carbonyl (C=O) groups excluding carboxylic acids is 2. The number of hydrogen-bond donors (Lipinski definition) is 0. The predicted octanol–water partition coefficient (Wildman–Crippen LogP) is 3.88. The number of isocyanates is 1. The largest absolute Gasteiger partial charge is 0.409 e. The van der Waals surface area contributed by atoms with Gasteiger partial charge in [0.25, 0.3) is 0 Å². The Bertz CT molecular complexity index is 620. The molecule has 2 aromatic rings. The van der Waals surface area contributed by atoms with Gasteiger partial charge in [-0.15, -0.1) is 4.39 Å². The van der Waals surface area contributed by atoms with Crippen LogP contribution in [0.15, 0.2) is 59.6 Å². The fourth-order valence-electron chi connectivity index (χ4n) is 1.66. The van der Waals surface area contributed by atoms with Gasteiger partial charge in [-0.3, -0.25) is 4.90 Å². The zero-order valence-corrected chi connectivity index (χ0v) is 9.79. The van der Waals surface area contributed by atoms with Gasteiger partial charge in [-0.05, 0) is 36.4 Å². The first-order valence-corrected chi connectivity index (χ1v) is 5.45. The summed E-state index contributed by atoms with van der Waals surface area (Å²) in [5.74, 6) is 0. The maximum absolute atomic E-state index is 13.2. The second-order valence-electron chi connectivity index (χ2n) is 3.64. The molecular weight excluding hydrogens is 247 g/mol. The Morgan fingerprint density at radius 1 is 1.00 bits per heavy atom. The predicted molar refractivity (Wildman–Crippen MR) is 69.3 cm³/mol. The van der Waals surface area contributed by atoms with Crippen LogP contribution in [0.2, 0.25) is 0 Å². The molecule has 1 amide bonds. The highest BCUT2D eigenvalue weighted by Gasteiger charge is 2.16. The number of aliphatic imine (C=N–C) groups is 1. The molecule has 0 saturated heterocycles. The minimum absolute atomic E-state index is 0.351. The number of nitrogens with zero attached hydrogens (tertiary/aromatic N) is 2. The fraction of sp³-hybridized carbons (Fsp3) is 0. The standard InChI is InChI=1S/C14H9FN2O2/c15-14(19)17(12-4-2-1-3-5-12)13-8-6-11(7-9-13)16-10-18/h1-9H. The van der Waals surface area contributed by atoms with Crippen LogP contribution < -0.4 is 4.90 Å². The van der Waals surface area contributed by atoms with E-state index in [1.807, 2.05) is 0 Å². The molecule has 0 atom stereocenters. The Balaban J connectivity index is 2.40. The number of halogens is 1. The quantitative estimate of drug-likeness (QED) is 0.362. The molecule has 0 fully saturated rings. The van der Waals surface area contributed by atoms with E-state index >= 15 is 0 Å². The van der Waals surface area contributed by atoms with Crippen LogP contribution in [-0.4, -0.2) is 12.2 Å². The molecule has 0 saturated carbocycles. The third-order valence-corrected chi connectivity index (χ3v) is 2.47. The highest BCUT2D eigenvalue weighted by Crippen LogP contribution is 2.27. The minimum Gasteiger partial charge on any atom is -0.253 e. The monoisotopic (exact) mass is 256 g/mol. The summed E-state index contributed by atoms with van der Waals surface area (Å²) in [6.07, 6.45) is -0.178. The van der Waals surface area contributed by atoms with E-state index in [9.17, 15) is 14.0 Å². The molecule has 0 aliphatic heterocycles.